The quantitative estimate of drug-likeness (QED) is 0.652. The Balaban J connectivity index is 2.55. The number of hydrogen-bond acceptors (Lipinski definition) is 5. The largest absolute Gasteiger partial charge is 0.381 e. The first-order valence-electron chi connectivity index (χ1n) is 4.58. The molecule has 0 aliphatic carbocycles. The van der Waals surface area contributed by atoms with Crippen LogP contribution in [0.15, 0.2) is 19.2 Å². The molecule has 2 heterocycles. The molecule has 2 rings (SSSR count). The lowest BCUT2D eigenvalue weighted by molar-refractivity contribution is -0.114. The van der Waals surface area contributed by atoms with Crippen molar-refractivity contribution in [2.24, 2.45) is 0 Å². The predicted molar refractivity (Wildman–Crippen MR) is 61.4 cm³/mol. The fourth-order valence-corrected chi connectivity index (χ4v) is 1.43. The zero-order chi connectivity index (χ0) is 12.4. The molecule has 0 unspecified atom stereocenters. The standard InChI is InChI=1S/C9H8ClN5O2/c1-3-17-15-4-11-6-7(10)13-9(12-5(2)16)14-8(6)15/h3-4H,1H2,2H3,(H,12,13,14,16). The van der Waals surface area contributed by atoms with Gasteiger partial charge < -0.3 is 4.84 Å². The summed E-state index contributed by atoms with van der Waals surface area (Å²) in [5, 5.41) is 2.56. The molecule has 88 valence electrons. The maximum Gasteiger partial charge on any atom is 0.233 e. The Labute approximate surface area is 101 Å². The second-order valence-corrected chi connectivity index (χ2v) is 3.39. The van der Waals surface area contributed by atoms with E-state index in [0.717, 1.165) is 0 Å². The molecule has 0 saturated heterocycles. The molecule has 8 heteroatoms. The van der Waals surface area contributed by atoms with Crippen LogP contribution in [0.1, 0.15) is 6.92 Å². The number of imidazole rings is 1. The Kier molecular flexibility index (Phi) is 2.92. The second kappa shape index (κ2) is 4.38. The molecule has 0 spiro atoms. The van der Waals surface area contributed by atoms with Crippen molar-refractivity contribution in [1.82, 2.24) is 19.7 Å². The van der Waals surface area contributed by atoms with Crippen LogP contribution in [0.25, 0.3) is 11.2 Å². The van der Waals surface area contributed by atoms with E-state index >= 15 is 0 Å². The number of carbonyl (C=O) groups excluding carboxylic acids is 1. The molecular formula is C9H8ClN5O2. The summed E-state index contributed by atoms with van der Waals surface area (Å²) in [4.78, 5) is 27.8. The average molecular weight is 254 g/mol. The maximum atomic E-state index is 10.9. The van der Waals surface area contributed by atoms with Crippen LogP contribution in [0.4, 0.5) is 5.95 Å². The predicted octanol–water partition coefficient (Wildman–Crippen LogP) is 1.01. The summed E-state index contributed by atoms with van der Waals surface area (Å²) in [6.07, 6.45) is 2.60. The van der Waals surface area contributed by atoms with Crippen LogP contribution in [0.2, 0.25) is 5.15 Å². The number of aromatic nitrogens is 4. The lowest BCUT2D eigenvalue weighted by Crippen LogP contribution is -2.11. The third-order valence-electron chi connectivity index (χ3n) is 1.80. The molecule has 7 nitrogen and oxygen atoms in total. The molecule has 0 bridgehead atoms. The Morgan fingerprint density at radius 1 is 1.65 bits per heavy atom. The number of anilines is 1. The van der Waals surface area contributed by atoms with E-state index in [1.54, 1.807) is 0 Å². The van der Waals surface area contributed by atoms with E-state index in [4.69, 9.17) is 16.4 Å². The summed E-state index contributed by atoms with van der Waals surface area (Å²) in [6, 6.07) is 0. The van der Waals surface area contributed by atoms with Gasteiger partial charge in [-0.15, -0.1) is 4.73 Å². The van der Waals surface area contributed by atoms with E-state index in [2.05, 4.69) is 26.8 Å². The first kappa shape index (κ1) is 11.3. The molecule has 0 aromatic carbocycles. The van der Waals surface area contributed by atoms with E-state index in [1.165, 1.54) is 24.2 Å². The van der Waals surface area contributed by atoms with Gasteiger partial charge >= 0.3 is 0 Å². The van der Waals surface area contributed by atoms with Gasteiger partial charge in [0.1, 0.15) is 18.1 Å². The summed E-state index contributed by atoms with van der Waals surface area (Å²) in [5.74, 6) is -0.208. The van der Waals surface area contributed by atoms with Crippen molar-refractivity contribution in [3.05, 3.63) is 24.3 Å². The van der Waals surface area contributed by atoms with Crippen molar-refractivity contribution >= 4 is 34.6 Å². The number of hydrogen-bond donors (Lipinski definition) is 1. The second-order valence-electron chi connectivity index (χ2n) is 3.03. The molecule has 0 aliphatic rings. The summed E-state index contributed by atoms with van der Waals surface area (Å²) < 4.78 is 1.27. The molecule has 2 aromatic rings. The minimum Gasteiger partial charge on any atom is -0.381 e. The highest BCUT2D eigenvalue weighted by atomic mass is 35.5. The molecule has 0 fully saturated rings. The van der Waals surface area contributed by atoms with Gasteiger partial charge in [0.05, 0.1) is 0 Å². The van der Waals surface area contributed by atoms with Crippen molar-refractivity contribution in [3.8, 4) is 0 Å². The number of halogens is 1. The molecule has 0 saturated carbocycles. The third-order valence-corrected chi connectivity index (χ3v) is 2.06. The molecule has 0 radical (unpaired) electrons. The van der Waals surface area contributed by atoms with Gasteiger partial charge in [0.15, 0.2) is 5.15 Å². The summed E-state index contributed by atoms with van der Waals surface area (Å²) in [5.41, 5.74) is 0.719. The van der Waals surface area contributed by atoms with Gasteiger partial charge in [-0.1, -0.05) is 18.2 Å². The lowest BCUT2D eigenvalue weighted by Gasteiger charge is -2.03. The van der Waals surface area contributed by atoms with E-state index in [1.807, 2.05) is 0 Å². The van der Waals surface area contributed by atoms with Crippen LogP contribution in [0.5, 0.6) is 0 Å². The zero-order valence-corrected chi connectivity index (χ0v) is 9.60. The first-order valence-corrected chi connectivity index (χ1v) is 4.96. The van der Waals surface area contributed by atoms with Gasteiger partial charge in [-0.2, -0.15) is 9.97 Å². The van der Waals surface area contributed by atoms with Crippen molar-refractivity contribution in [2.75, 3.05) is 5.32 Å². The van der Waals surface area contributed by atoms with Crippen LogP contribution in [-0.4, -0.2) is 25.6 Å². The van der Waals surface area contributed by atoms with Crippen LogP contribution in [0, 0.1) is 0 Å². The highest BCUT2D eigenvalue weighted by Gasteiger charge is 2.12. The van der Waals surface area contributed by atoms with Crippen LogP contribution in [0.3, 0.4) is 0 Å². The van der Waals surface area contributed by atoms with Gasteiger partial charge in [-0.3, -0.25) is 10.1 Å². The number of rotatable bonds is 3. The van der Waals surface area contributed by atoms with Crippen LogP contribution in [-0.2, 0) is 4.79 Å². The number of fused-ring (bicyclic) bond motifs is 1. The summed E-state index contributed by atoms with van der Waals surface area (Å²) in [6.45, 7) is 4.76. The Morgan fingerprint density at radius 2 is 2.41 bits per heavy atom. The van der Waals surface area contributed by atoms with Gasteiger partial charge in [0.25, 0.3) is 0 Å². The van der Waals surface area contributed by atoms with E-state index in [0.29, 0.717) is 11.2 Å². The smallest absolute Gasteiger partial charge is 0.233 e. The Morgan fingerprint density at radius 3 is 3.06 bits per heavy atom. The van der Waals surface area contributed by atoms with E-state index in [-0.39, 0.29) is 17.0 Å². The molecule has 1 N–H and O–H groups in total. The molecule has 17 heavy (non-hydrogen) atoms. The van der Waals surface area contributed by atoms with Gasteiger partial charge in [-0.05, 0) is 0 Å². The van der Waals surface area contributed by atoms with E-state index in [9.17, 15) is 4.79 Å². The average Bonchev–Trinajstić information content (AvgIpc) is 2.62. The SMILES string of the molecule is C=COn1cnc2c(Cl)nc(NC(C)=O)nc21. The van der Waals surface area contributed by atoms with Crippen molar-refractivity contribution in [3.63, 3.8) is 0 Å². The Hall–Kier alpha value is -2.15. The minimum absolute atomic E-state index is 0.0874. The van der Waals surface area contributed by atoms with Crippen molar-refractivity contribution < 1.29 is 9.63 Å². The molecular weight excluding hydrogens is 246 g/mol. The highest BCUT2D eigenvalue weighted by Crippen LogP contribution is 2.19. The van der Waals surface area contributed by atoms with Gasteiger partial charge in [0, 0.05) is 6.92 Å². The molecule has 1 amide bonds. The zero-order valence-electron chi connectivity index (χ0n) is 8.85. The van der Waals surface area contributed by atoms with Crippen molar-refractivity contribution in [2.45, 2.75) is 6.92 Å². The number of amides is 1. The molecule has 0 aliphatic heterocycles. The summed E-state index contributed by atoms with van der Waals surface area (Å²) in [7, 11) is 0. The first-order chi connectivity index (χ1) is 8.11. The fraction of sp³-hybridized carbons (Fsp3) is 0.111. The van der Waals surface area contributed by atoms with Crippen LogP contribution < -0.4 is 10.2 Å². The molecule has 2 aromatic heterocycles. The summed E-state index contributed by atoms with van der Waals surface area (Å²) >= 11 is 5.90. The third kappa shape index (κ3) is 2.18. The Bertz CT molecular complexity index is 594. The normalized spacial score (nSPS) is 10.2. The maximum absolute atomic E-state index is 10.9. The topological polar surface area (TPSA) is 81.9 Å². The fourth-order valence-electron chi connectivity index (χ4n) is 1.22. The molecule has 0 atom stereocenters. The number of carbonyl (C=O) groups is 1. The highest BCUT2D eigenvalue weighted by molar-refractivity contribution is 6.33. The minimum atomic E-state index is -0.295. The van der Waals surface area contributed by atoms with Crippen molar-refractivity contribution in [1.29, 1.82) is 0 Å². The van der Waals surface area contributed by atoms with E-state index < -0.39 is 0 Å². The van der Waals surface area contributed by atoms with Gasteiger partial charge in [0.2, 0.25) is 17.5 Å². The monoisotopic (exact) mass is 253 g/mol. The lowest BCUT2D eigenvalue weighted by atomic mass is 10.5. The van der Waals surface area contributed by atoms with Crippen LogP contribution >= 0.6 is 11.6 Å². The van der Waals surface area contributed by atoms with Gasteiger partial charge in [-0.25, -0.2) is 4.98 Å². The number of nitrogens with one attached hydrogen (secondary N) is 1. The number of nitrogens with zero attached hydrogens (tertiary/aromatic N) is 4.